The molecule has 9 nitrogen and oxygen atoms in total. The number of aliphatic hydroxyl groups is 1. The largest absolute Gasteiger partial charge is 0.497 e. The second kappa shape index (κ2) is 7.80. The van der Waals surface area contributed by atoms with E-state index in [9.17, 15) is 5.11 Å². The number of aliphatic hydroxyl groups excluding tert-OH is 1. The van der Waals surface area contributed by atoms with Gasteiger partial charge in [-0.1, -0.05) is 6.07 Å². The minimum absolute atomic E-state index is 0.265. The first-order valence-electron chi connectivity index (χ1n) is 8.96. The monoisotopic (exact) mass is 395 g/mol. The molecule has 2 heterocycles. The van der Waals surface area contributed by atoms with Crippen LogP contribution in [0, 0.1) is 0 Å². The summed E-state index contributed by atoms with van der Waals surface area (Å²) in [5.41, 5.74) is 2.16. The Kier molecular flexibility index (Phi) is 5.05. The number of benzene rings is 2. The summed E-state index contributed by atoms with van der Waals surface area (Å²) < 4.78 is 17.8. The van der Waals surface area contributed by atoms with Crippen molar-refractivity contribution in [1.29, 1.82) is 0 Å². The van der Waals surface area contributed by atoms with E-state index in [2.05, 4.69) is 15.4 Å². The molecule has 0 aliphatic heterocycles. The molecule has 2 N–H and O–H groups in total. The van der Waals surface area contributed by atoms with Gasteiger partial charge in [0, 0.05) is 23.6 Å². The lowest BCUT2D eigenvalue weighted by atomic mass is 10.2. The van der Waals surface area contributed by atoms with E-state index in [0.29, 0.717) is 46.7 Å². The second-order valence-corrected chi connectivity index (χ2v) is 6.24. The van der Waals surface area contributed by atoms with Gasteiger partial charge in [0.2, 0.25) is 5.95 Å². The molecule has 0 bridgehead atoms. The van der Waals surface area contributed by atoms with E-state index in [4.69, 9.17) is 19.2 Å². The standard InChI is InChI=1S/C20H21N5O4/c1-27-13-8-7-12(16(9-13)29-3)10-21-20-23-18-14(5-4-6-15(18)28-2)19-22-17(11-26)24-25(19)20/h4-9,26H,10-11H2,1-3H3,(H,21,23). The first kappa shape index (κ1) is 18.8. The lowest BCUT2D eigenvalue weighted by Gasteiger charge is -2.13. The van der Waals surface area contributed by atoms with Crippen LogP contribution in [-0.2, 0) is 13.2 Å². The van der Waals surface area contributed by atoms with Crippen LogP contribution in [0.3, 0.4) is 0 Å². The van der Waals surface area contributed by atoms with Crippen molar-refractivity contribution in [3.8, 4) is 17.2 Å². The molecule has 0 aliphatic rings. The summed E-state index contributed by atoms with van der Waals surface area (Å²) >= 11 is 0. The van der Waals surface area contributed by atoms with Crippen LogP contribution in [0.25, 0.3) is 16.6 Å². The van der Waals surface area contributed by atoms with Gasteiger partial charge in [-0.15, -0.1) is 5.10 Å². The van der Waals surface area contributed by atoms with Gasteiger partial charge in [-0.05, 0) is 24.3 Å². The zero-order valence-electron chi connectivity index (χ0n) is 16.3. The summed E-state index contributed by atoms with van der Waals surface area (Å²) in [5, 5.41) is 17.9. The molecule has 0 atom stereocenters. The van der Waals surface area contributed by atoms with Crippen molar-refractivity contribution >= 4 is 22.5 Å². The molecular formula is C20H21N5O4. The highest BCUT2D eigenvalue weighted by Gasteiger charge is 2.16. The zero-order valence-corrected chi connectivity index (χ0v) is 16.3. The van der Waals surface area contributed by atoms with E-state index in [1.165, 1.54) is 0 Å². The highest BCUT2D eigenvalue weighted by atomic mass is 16.5. The van der Waals surface area contributed by atoms with Crippen LogP contribution in [0.1, 0.15) is 11.4 Å². The number of para-hydroxylation sites is 1. The molecule has 2 aromatic carbocycles. The molecule has 29 heavy (non-hydrogen) atoms. The minimum Gasteiger partial charge on any atom is -0.497 e. The smallest absolute Gasteiger partial charge is 0.226 e. The average molecular weight is 395 g/mol. The van der Waals surface area contributed by atoms with E-state index >= 15 is 0 Å². The number of aromatic nitrogens is 4. The maximum atomic E-state index is 9.50. The Morgan fingerprint density at radius 2 is 1.83 bits per heavy atom. The fourth-order valence-electron chi connectivity index (χ4n) is 3.17. The number of anilines is 1. The first-order valence-corrected chi connectivity index (χ1v) is 8.96. The van der Waals surface area contributed by atoms with Crippen molar-refractivity contribution < 1.29 is 19.3 Å². The first-order chi connectivity index (χ1) is 14.2. The zero-order chi connectivity index (χ0) is 20.4. The van der Waals surface area contributed by atoms with Gasteiger partial charge in [0.25, 0.3) is 0 Å². The molecule has 0 radical (unpaired) electrons. The van der Waals surface area contributed by atoms with Gasteiger partial charge in [-0.2, -0.15) is 4.52 Å². The van der Waals surface area contributed by atoms with E-state index < -0.39 is 0 Å². The third-order valence-electron chi connectivity index (χ3n) is 4.60. The summed E-state index contributed by atoms with van der Waals surface area (Å²) in [6.07, 6.45) is 0. The molecule has 0 fully saturated rings. The SMILES string of the molecule is COc1ccc(CNc2nc3c(OC)cccc3c3nc(CO)nn23)c(OC)c1. The van der Waals surface area contributed by atoms with Crippen LogP contribution < -0.4 is 19.5 Å². The van der Waals surface area contributed by atoms with Gasteiger partial charge in [-0.3, -0.25) is 0 Å². The number of hydrogen-bond acceptors (Lipinski definition) is 8. The predicted octanol–water partition coefficient (Wildman–Crippen LogP) is 2.41. The number of ether oxygens (including phenoxy) is 3. The fraction of sp³-hybridized carbons (Fsp3) is 0.250. The van der Waals surface area contributed by atoms with Gasteiger partial charge in [0.1, 0.15) is 29.4 Å². The molecule has 0 unspecified atom stereocenters. The van der Waals surface area contributed by atoms with Gasteiger partial charge in [-0.25, -0.2) is 9.97 Å². The Morgan fingerprint density at radius 1 is 1.00 bits per heavy atom. The fourth-order valence-corrected chi connectivity index (χ4v) is 3.17. The molecule has 0 saturated carbocycles. The molecule has 0 saturated heterocycles. The number of fused-ring (bicyclic) bond motifs is 3. The van der Waals surface area contributed by atoms with Gasteiger partial charge in [0.05, 0.1) is 21.3 Å². The van der Waals surface area contributed by atoms with Crippen LogP contribution in [0.4, 0.5) is 5.95 Å². The highest BCUT2D eigenvalue weighted by molar-refractivity contribution is 5.95. The Morgan fingerprint density at radius 3 is 2.55 bits per heavy atom. The lowest BCUT2D eigenvalue weighted by molar-refractivity contribution is 0.271. The maximum absolute atomic E-state index is 9.50. The van der Waals surface area contributed by atoms with Gasteiger partial charge >= 0.3 is 0 Å². The Hall–Kier alpha value is -3.59. The van der Waals surface area contributed by atoms with Crippen molar-refractivity contribution in [3.05, 3.63) is 47.8 Å². The minimum atomic E-state index is -0.265. The Labute approximate surface area is 166 Å². The molecule has 0 spiro atoms. The molecule has 150 valence electrons. The topological polar surface area (TPSA) is 103 Å². The van der Waals surface area contributed by atoms with Gasteiger partial charge in [0.15, 0.2) is 11.5 Å². The average Bonchev–Trinajstić information content (AvgIpc) is 3.22. The normalized spacial score (nSPS) is 11.0. The van der Waals surface area contributed by atoms with Crippen molar-refractivity contribution in [1.82, 2.24) is 19.6 Å². The summed E-state index contributed by atoms with van der Waals surface area (Å²) in [5.74, 6) is 2.82. The van der Waals surface area contributed by atoms with Crippen LogP contribution in [0.15, 0.2) is 36.4 Å². The predicted molar refractivity (Wildman–Crippen MR) is 108 cm³/mol. The van der Waals surface area contributed by atoms with Crippen molar-refractivity contribution in [2.24, 2.45) is 0 Å². The number of nitrogens with one attached hydrogen (secondary N) is 1. The Bertz CT molecular complexity index is 1170. The molecule has 4 aromatic rings. The van der Waals surface area contributed by atoms with Crippen LogP contribution in [0.2, 0.25) is 0 Å². The quantitative estimate of drug-likeness (QED) is 0.492. The van der Waals surface area contributed by atoms with E-state index in [-0.39, 0.29) is 6.61 Å². The van der Waals surface area contributed by atoms with Gasteiger partial charge < -0.3 is 24.6 Å². The second-order valence-electron chi connectivity index (χ2n) is 6.24. The lowest BCUT2D eigenvalue weighted by Crippen LogP contribution is -2.09. The molecule has 4 rings (SSSR count). The Balaban J connectivity index is 1.79. The third-order valence-corrected chi connectivity index (χ3v) is 4.60. The number of hydrogen-bond donors (Lipinski definition) is 2. The van der Waals surface area contributed by atoms with E-state index in [1.807, 2.05) is 36.4 Å². The summed E-state index contributed by atoms with van der Waals surface area (Å²) in [6, 6.07) is 11.2. The molecule has 9 heteroatoms. The molecule has 2 aromatic heterocycles. The summed E-state index contributed by atoms with van der Waals surface area (Å²) in [6.45, 7) is 0.170. The maximum Gasteiger partial charge on any atom is 0.226 e. The molecular weight excluding hydrogens is 374 g/mol. The molecule has 0 aliphatic carbocycles. The highest BCUT2D eigenvalue weighted by Crippen LogP contribution is 2.29. The van der Waals surface area contributed by atoms with E-state index in [1.54, 1.807) is 25.8 Å². The van der Waals surface area contributed by atoms with Crippen molar-refractivity contribution in [2.45, 2.75) is 13.2 Å². The van der Waals surface area contributed by atoms with Crippen LogP contribution in [-0.4, -0.2) is 46.0 Å². The van der Waals surface area contributed by atoms with Crippen molar-refractivity contribution in [2.75, 3.05) is 26.6 Å². The summed E-state index contributed by atoms with van der Waals surface area (Å²) in [7, 11) is 4.82. The molecule has 0 amide bonds. The third kappa shape index (κ3) is 3.36. The number of nitrogens with zero attached hydrogens (tertiary/aromatic N) is 4. The van der Waals surface area contributed by atoms with Crippen molar-refractivity contribution in [3.63, 3.8) is 0 Å². The van der Waals surface area contributed by atoms with Crippen LogP contribution in [0.5, 0.6) is 17.2 Å². The summed E-state index contributed by atoms with van der Waals surface area (Å²) in [4.78, 5) is 9.14. The number of methoxy groups -OCH3 is 3. The van der Waals surface area contributed by atoms with Crippen LogP contribution >= 0.6 is 0 Å². The van der Waals surface area contributed by atoms with E-state index in [0.717, 1.165) is 10.9 Å². The number of rotatable bonds is 7.